The van der Waals surface area contributed by atoms with E-state index in [1.165, 1.54) is 13.8 Å². The van der Waals surface area contributed by atoms with Gasteiger partial charge in [-0.1, -0.05) is 13.8 Å². The highest BCUT2D eigenvalue weighted by Crippen LogP contribution is 2.13. The van der Waals surface area contributed by atoms with Gasteiger partial charge in [0, 0.05) is 12.8 Å². The predicted octanol–water partition coefficient (Wildman–Crippen LogP) is 0.608. The van der Waals surface area contributed by atoms with Crippen LogP contribution in [0.5, 0.6) is 0 Å². The van der Waals surface area contributed by atoms with E-state index in [1.807, 2.05) is 13.8 Å². The second kappa shape index (κ2) is 6.92. The molecule has 8 heteroatoms. The zero-order chi connectivity index (χ0) is 16.1. The SMILES string of the molecule is CC(C)C[C@@H](NC(=O)NCC(C)(C)S(C)(=O)=O)C(=O)O. The van der Waals surface area contributed by atoms with Gasteiger partial charge >= 0.3 is 12.0 Å². The molecule has 118 valence electrons. The molecule has 0 aliphatic carbocycles. The van der Waals surface area contributed by atoms with Crippen molar-refractivity contribution in [1.82, 2.24) is 10.6 Å². The molecule has 0 unspecified atom stereocenters. The molecular formula is C12H24N2O5S. The number of nitrogens with one attached hydrogen (secondary N) is 2. The van der Waals surface area contributed by atoms with Crippen LogP contribution in [0.1, 0.15) is 34.1 Å². The van der Waals surface area contributed by atoms with Crippen molar-refractivity contribution in [3.8, 4) is 0 Å². The van der Waals surface area contributed by atoms with Crippen LogP contribution in [0.4, 0.5) is 4.79 Å². The third-order valence-corrected chi connectivity index (χ3v) is 5.14. The number of amides is 2. The molecule has 0 rings (SSSR count). The Kier molecular flexibility index (Phi) is 6.46. The van der Waals surface area contributed by atoms with Crippen LogP contribution in [0.3, 0.4) is 0 Å². The second-order valence-corrected chi connectivity index (χ2v) is 8.53. The summed E-state index contributed by atoms with van der Waals surface area (Å²) in [6, 6.07) is -1.67. The van der Waals surface area contributed by atoms with Gasteiger partial charge in [0.15, 0.2) is 9.84 Å². The molecule has 0 aromatic carbocycles. The molecule has 0 saturated carbocycles. The minimum atomic E-state index is -3.32. The van der Waals surface area contributed by atoms with Gasteiger partial charge in [0.2, 0.25) is 0 Å². The van der Waals surface area contributed by atoms with Crippen molar-refractivity contribution in [2.45, 2.75) is 44.9 Å². The van der Waals surface area contributed by atoms with E-state index in [0.29, 0.717) is 6.42 Å². The summed E-state index contributed by atoms with van der Waals surface area (Å²) in [6.07, 6.45) is 1.39. The van der Waals surface area contributed by atoms with Crippen molar-refractivity contribution in [1.29, 1.82) is 0 Å². The standard InChI is InChI=1S/C12H24N2O5S/c1-8(2)6-9(10(15)16)14-11(17)13-7-12(3,4)20(5,18)19/h8-9H,6-7H2,1-5H3,(H,15,16)(H2,13,14,17)/t9-/m1/s1. The summed E-state index contributed by atoms with van der Waals surface area (Å²) in [7, 11) is -3.32. The first-order valence-electron chi connectivity index (χ1n) is 6.33. The highest BCUT2D eigenvalue weighted by molar-refractivity contribution is 7.92. The number of sulfone groups is 1. The number of hydrogen-bond donors (Lipinski definition) is 3. The van der Waals surface area contributed by atoms with E-state index < -0.39 is 32.6 Å². The molecule has 0 aliphatic rings. The highest BCUT2D eigenvalue weighted by Gasteiger charge is 2.31. The number of carboxylic acids is 1. The lowest BCUT2D eigenvalue weighted by Crippen LogP contribution is -2.51. The molecule has 7 nitrogen and oxygen atoms in total. The van der Waals surface area contributed by atoms with E-state index in [4.69, 9.17) is 5.11 Å². The van der Waals surface area contributed by atoms with Crippen LogP contribution in [0.15, 0.2) is 0 Å². The minimum Gasteiger partial charge on any atom is -0.480 e. The summed E-state index contributed by atoms with van der Waals surface area (Å²) in [4.78, 5) is 22.6. The number of urea groups is 1. The van der Waals surface area contributed by atoms with Crippen molar-refractivity contribution >= 4 is 21.8 Å². The van der Waals surface area contributed by atoms with Crippen LogP contribution >= 0.6 is 0 Å². The quantitative estimate of drug-likeness (QED) is 0.638. The average Bonchev–Trinajstić information content (AvgIpc) is 2.23. The summed E-state index contributed by atoms with van der Waals surface area (Å²) in [5.41, 5.74) is 0. The van der Waals surface area contributed by atoms with Gasteiger partial charge in [-0.2, -0.15) is 0 Å². The van der Waals surface area contributed by atoms with E-state index in [-0.39, 0.29) is 12.5 Å². The lowest BCUT2D eigenvalue weighted by atomic mass is 10.0. The average molecular weight is 308 g/mol. The zero-order valence-corrected chi connectivity index (χ0v) is 13.4. The van der Waals surface area contributed by atoms with Crippen LogP contribution in [0.25, 0.3) is 0 Å². The Morgan fingerprint density at radius 1 is 1.25 bits per heavy atom. The van der Waals surface area contributed by atoms with Crippen molar-refractivity contribution in [3.05, 3.63) is 0 Å². The molecule has 0 bridgehead atoms. The van der Waals surface area contributed by atoms with Crippen LogP contribution in [0.2, 0.25) is 0 Å². The first-order valence-corrected chi connectivity index (χ1v) is 8.22. The molecule has 20 heavy (non-hydrogen) atoms. The minimum absolute atomic E-state index is 0.0916. The van der Waals surface area contributed by atoms with Crippen molar-refractivity contribution in [2.24, 2.45) is 5.92 Å². The molecule has 0 aromatic heterocycles. The van der Waals surface area contributed by atoms with E-state index in [0.717, 1.165) is 6.26 Å². The molecular weight excluding hydrogens is 284 g/mol. The third-order valence-electron chi connectivity index (χ3n) is 2.99. The Bertz CT molecular complexity index is 456. The summed E-state index contributed by atoms with van der Waals surface area (Å²) >= 11 is 0. The summed E-state index contributed by atoms with van der Waals surface area (Å²) in [5.74, 6) is -1.000. The monoisotopic (exact) mass is 308 g/mol. The molecule has 0 spiro atoms. The van der Waals surface area contributed by atoms with Gasteiger partial charge in [-0.25, -0.2) is 18.0 Å². The van der Waals surface area contributed by atoms with Crippen LogP contribution in [-0.4, -0.2) is 49.1 Å². The lowest BCUT2D eigenvalue weighted by molar-refractivity contribution is -0.139. The molecule has 1 atom stereocenters. The highest BCUT2D eigenvalue weighted by atomic mass is 32.2. The summed E-state index contributed by atoms with van der Waals surface area (Å²) in [5, 5.41) is 13.7. The van der Waals surface area contributed by atoms with Crippen molar-refractivity contribution < 1.29 is 23.1 Å². The largest absolute Gasteiger partial charge is 0.480 e. The molecule has 0 saturated heterocycles. The number of carboxylic acid groups (broad SMARTS) is 1. The Labute approximate surface area is 120 Å². The zero-order valence-electron chi connectivity index (χ0n) is 12.6. The van der Waals surface area contributed by atoms with E-state index >= 15 is 0 Å². The van der Waals surface area contributed by atoms with Gasteiger partial charge in [0.05, 0.1) is 4.75 Å². The molecule has 0 aliphatic heterocycles. The normalized spacial score (nSPS) is 13.9. The number of hydrogen-bond acceptors (Lipinski definition) is 4. The number of aliphatic carboxylic acids is 1. The fraction of sp³-hybridized carbons (Fsp3) is 0.833. The fourth-order valence-electron chi connectivity index (χ4n) is 1.33. The van der Waals surface area contributed by atoms with E-state index in [2.05, 4.69) is 10.6 Å². The smallest absolute Gasteiger partial charge is 0.326 e. The van der Waals surface area contributed by atoms with E-state index in [9.17, 15) is 18.0 Å². The van der Waals surface area contributed by atoms with Gasteiger partial charge in [-0.15, -0.1) is 0 Å². The molecule has 0 aromatic rings. The topological polar surface area (TPSA) is 113 Å². The number of carbonyl (C=O) groups is 2. The third kappa shape index (κ3) is 6.23. The van der Waals surface area contributed by atoms with E-state index in [1.54, 1.807) is 0 Å². The number of rotatable bonds is 7. The second-order valence-electron chi connectivity index (χ2n) is 5.88. The fourth-order valence-corrected chi connectivity index (χ4v) is 1.66. The lowest BCUT2D eigenvalue weighted by Gasteiger charge is -2.24. The molecule has 2 amide bonds. The number of carbonyl (C=O) groups excluding carboxylic acids is 1. The molecule has 0 fully saturated rings. The first kappa shape index (κ1) is 18.7. The van der Waals surface area contributed by atoms with Crippen molar-refractivity contribution in [3.63, 3.8) is 0 Å². The van der Waals surface area contributed by atoms with Crippen LogP contribution < -0.4 is 10.6 Å². The van der Waals surface area contributed by atoms with Gasteiger partial charge in [-0.05, 0) is 26.2 Å². The Balaban J connectivity index is 4.53. The van der Waals surface area contributed by atoms with Gasteiger partial charge in [0.1, 0.15) is 6.04 Å². The molecule has 0 heterocycles. The maximum absolute atomic E-state index is 11.6. The van der Waals surface area contributed by atoms with Crippen LogP contribution in [0, 0.1) is 5.92 Å². The Morgan fingerprint density at radius 3 is 2.10 bits per heavy atom. The predicted molar refractivity (Wildman–Crippen MR) is 76.3 cm³/mol. The maximum Gasteiger partial charge on any atom is 0.326 e. The van der Waals surface area contributed by atoms with Crippen LogP contribution in [-0.2, 0) is 14.6 Å². The Hall–Kier alpha value is -1.31. The van der Waals surface area contributed by atoms with Gasteiger partial charge in [-0.3, -0.25) is 0 Å². The summed E-state index contributed by atoms with van der Waals surface area (Å²) in [6.45, 7) is 6.59. The maximum atomic E-state index is 11.6. The molecule has 3 N–H and O–H groups in total. The van der Waals surface area contributed by atoms with Gasteiger partial charge < -0.3 is 15.7 Å². The summed E-state index contributed by atoms with van der Waals surface area (Å²) < 4.78 is 21.8. The first-order chi connectivity index (χ1) is 8.86. The van der Waals surface area contributed by atoms with Crippen molar-refractivity contribution in [2.75, 3.05) is 12.8 Å². The molecule has 0 radical (unpaired) electrons. The van der Waals surface area contributed by atoms with Gasteiger partial charge in [0.25, 0.3) is 0 Å². The Morgan fingerprint density at radius 2 is 1.75 bits per heavy atom.